The molecule has 1 aromatic heterocycles. The third kappa shape index (κ3) is 3.12. The maximum absolute atomic E-state index is 12.5. The molecule has 0 aliphatic carbocycles. The third-order valence-electron chi connectivity index (χ3n) is 3.66. The highest BCUT2D eigenvalue weighted by molar-refractivity contribution is 7.89. The number of hydrogen-bond acceptors (Lipinski definition) is 4. The fraction of sp³-hybridized carbons (Fsp3) is 0.615. The third-order valence-corrected chi connectivity index (χ3v) is 5.52. The molecule has 2 heterocycles. The minimum atomic E-state index is -3.72. The van der Waals surface area contributed by atoms with Crippen LogP contribution in [0.2, 0.25) is 0 Å². The molecule has 2 rings (SSSR count). The van der Waals surface area contributed by atoms with Gasteiger partial charge in [-0.05, 0) is 32.8 Å². The van der Waals surface area contributed by atoms with E-state index in [0.717, 1.165) is 0 Å². The number of rotatable bonds is 4. The summed E-state index contributed by atoms with van der Waals surface area (Å²) in [4.78, 5) is 11.2. The quantitative estimate of drug-likeness (QED) is 0.860. The number of carboxylic acid groups (broad SMARTS) is 1. The van der Waals surface area contributed by atoms with Crippen molar-refractivity contribution in [1.29, 1.82) is 0 Å². The fourth-order valence-electron chi connectivity index (χ4n) is 2.43. The summed E-state index contributed by atoms with van der Waals surface area (Å²) in [6, 6.07) is 1.05. The van der Waals surface area contributed by atoms with Crippen LogP contribution in [0.25, 0.3) is 0 Å². The second-order valence-corrected chi connectivity index (χ2v) is 7.44. The Morgan fingerprint density at radius 1 is 1.33 bits per heavy atom. The van der Waals surface area contributed by atoms with Gasteiger partial charge in [-0.3, -0.25) is 0 Å². The van der Waals surface area contributed by atoms with Crippen molar-refractivity contribution in [3.63, 3.8) is 0 Å². The van der Waals surface area contributed by atoms with Crippen molar-refractivity contribution in [3.8, 4) is 0 Å². The molecule has 1 aliphatic rings. The van der Waals surface area contributed by atoms with E-state index in [2.05, 4.69) is 0 Å². The molecule has 0 bridgehead atoms. The molecule has 1 aliphatic heterocycles. The maximum Gasteiger partial charge on any atom is 0.352 e. The van der Waals surface area contributed by atoms with Crippen molar-refractivity contribution in [3.05, 3.63) is 18.0 Å². The van der Waals surface area contributed by atoms with Gasteiger partial charge in [0.05, 0.1) is 6.10 Å². The number of sulfonamides is 1. The summed E-state index contributed by atoms with van der Waals surface area (Å²) >= 11 is 0. The SMILES string of the molecule is CC(C)n1cc(S(=O)(=O)N2CCC(O)CC2)cc1C(=O)O. The highest BCUT2D eigenvalue weighted by Crippen LogP contribution is 2.24. The van der Waals surface area contributed by atoms with Crippen LogP contribution < -0.4 is 0 Å². The van der Waals surface area contributed by atoms with Crippen molar-refractivity contribution in [2.45, 2.75) is 43.7 Å². The van der Waals surface area contributed by atoms with Crippen molar-refractivity contribution in [2.75, 3.05) is 13.1 Å². The number of piperidine rings is 1. The predicted molar refractivity (Wildman–Crippen MR) is 75.8 cm³/mol. The molecule has 1 fully saturated rings. The lowest BCUT2D eigenvalue weighted by Gasteiger charge is -2.28. The van der Waals surface area contributed by atoms with Crippen molar-refractivity contribution < 1.29 is 23.4 Å². The molecular weight excluding hydrogens is 296 g/mol. The Hall–Kier alpha value is -1.38. The zero-order chi connectivity index (χ0) is 15.8. The van der Waals surface area contributed by atoms with E-state index in [-0.39, 0.29) is 29.7 Å². The van der Waals surface area contributed by atoms with Crippen LogP contribution in [0.3, 0.4) is 0 Å². The highest BCUT2D eigenvalue weighted by atomic mass is 32.2. The molecule has 0 aromatic carbocycles. The van der Waals surface area contributed by atoms with Gasteiger partial charge in [0.15, 0.2) is 0 Å². The van der Waals surface area contributed by atoms with Gasteiger partial charge >= 0.3 is 5.97 Å². The first-order chi connectivity index (χ1) is 9.73. The zero-order valence-electron chi connectivity index (χ0n) is 12.1. The number of aromatic nitrogens is 1. The Balaban J connectivity index is 2.36. The van der Waals surface area contributed by atoms with E-state index in [4.69, 9.17) is 0 Å². The highest BCUT2D eigenvalue weighted by Gasteiger charge is 2.31. The van der Waals surface area contributed by atoms with Crippen molar-refractivity contribution >= 4 is 16.0 Å². The zero-order valence-corrected chi connectivity index (χ0v) is 12.9. The molecule has 0 unspecified atom stereocenters. The van der Waals surface area contributed by atoms with Crippen LogP contribution in [0.1, 0.15) is 43.2 Å². The van der Waals surface area contributed by atoms with Gasteiger partial charge < -0.3 is 14.8 Å². The Bertz CT molecular complexity index is 627. The summed E-state index contributed by atoms with van der Waals surface area (Å²) in [5, 5.41) is 18.6. The fourth-order valence-corrected chi connectivity index (χ4v) is 3.92. The molecule has 118 valence electrons. The van der Waals surface area contributed by atoms with Gasteiger partial charge in [0.2, 0.25) is 10.0 Å². The summed E-state index contributed by atoms with van der Waals surface area (Å²) in [5.41, 5.74) is -0.0411. The Labute approximate surface area is 123 Å². The molecule has 0 saturated carbocycles. The van der Waals surface area contributed by atoms with Crippen molar-refractivity contribution in [1.82, 2.24) is 8.87 Å². The molecule has 21 heavy (non-hydrogen) atoms. The van der Waals surface area contributed by atoms with Crippen LogP contribution in [-0.4, -0.2) is 52.7 Å². The predicted octanol–water partition coefficient (Wildman–Crippen LogP) is 0.913. The Kier molecular flexibility index (Phi) is 4.40. The lowest BCUT2D eigenvalue weighted by atomic mass is 10.1. The summed E-state index contributed by atoms with van der Waals surface area (Å²) in [5.74, 6) is -1.15. The van der Waals surface area contributed by atoms with Crippen LogP contribution in [0.4, 0.5) is 0 Å². The van der Waals surface area contributed by atoms with E-state index < -0.39 is 22.1 Å². The van der Waals surface area contributed by atoms with Crippen LogP contribution in [0.15, 0.2) is 17.2 Å². The average Bonchev–Trinajstić information content (AvgIpc) is 2.85. The molecule has 0 spiro atoms. The summed E-state index contributed by atoms with van der Waals surface area (Å²) < 4.78 is 27.8. The second-order valence-electron chi connectivity index (χ2n) is 5.50. The van der Waals surface area contributed by atoms with Crippen LogP contribution in [0, 0.1) is 0 Å². The standard InChI is InChI=1S/C13H20N2O5S/c1-9(2)15-8-11(7-12(15)13(17)18)21(19,20)14-5-3-10(16)4-6-14/h7-10,16H,3-6H2,1-2H3,(H,17,18). The molecule has 0 radical (unpaired) electrons. The molecule has 7 nitrogen and oxygen atoms in total. The molecule has 1 aromatic rings. The summed E-state index contributed by atoms with van der Waals surface area (Å²) in [7, 11) is -3.72. The molecule has 8 heteroatoms. The van der Waals surface area contributed by atoms with Crippen molar-refractivity contribution in [2.24, 2.45) is 0 Å². The molecule has 0 amide bonds. The number of carboxylic acids is 1. The molecular formula is C13H20N2O5S. The first kappa shape index (κ1) is 16.0. The van der Waals surface area contributed by atoms with Gasteiger partial charge in [-0.1, -0.05) is 0 Å². The lowest BCUT2D eigenvalue weighted by Crippen LogP contribution is -2.39. The van der Waals surface area contributed by atoms with Gasteiger partial charge in [0, 0.05) is 25.3 Å². The van der Waals surface area contributed by atoms with Crippen LogP contribution >= 0.6 is 0 Å². The lowest BCUT2D eigenvalue weighted by molar-refractivity contribution is 0.0683. The van der Waals surface area contributed by atoms with Gasteiger partial charge in [0.1, 0.15) is 10.6 Å². The average molecular weight is 316 g/mol. The summed E-state index contributed by atoms with van der Waals surface area (Å²) in [6.45, 7) is 4.08. The minimum Gasteiger partial charge on any atom is -0.477 e. The maximum atomic E-state index is 12.5. The number of aliphatic hydroxyl groups excluding tert-OH is 1. The number of carbonyl (C=O) groups is 1. The molecule has 2 N–H and O–H groups in total. The number of hydrogen-bond donors (Lipinski definition) is 2. The Morgan fingerprint density at radius 3 is 2.33 bits per heavy atom. The number of nitrogens with zero attached hydrogens (tertiary/aromatic N) is 2. The van der Waals surface area contributed by atoms with Gasteiger partial charge in [-0.15, -0.1) is 0 Å². The first-order valence-electron chi connectivity index (χ1n) is 6.87. The second kappa shape index (κ2) is 5.78. The van der Waals surface area contributed by atoms with Gasteiger partial charge in [-0.25, -0.2) is 13.2 Å². The topological polar surface area (TPSA) is 99.8 Å². The number of aliphatic hydroxyl groups is 1. The van der Waals surface area contributed by atoms with Crippen LogP contribution in [0.5, 0.6) is 0 Å². The normalized spacial score (nSPS) is 18.3. The van der Waals surface area contributed by atoms with Gasteiger partial charge in [0.25, 0.3) is 0 Å². The van der Waals surface area contributed by atoms with Crippen LogP contribution in [-0.2, 0) is 10.0 Å². The summed E-state index contributed by atoms with van der Waals surface area (Å²) in [6.07, 6.45) is 1.70. The van der Waals surface area contributed by atoms with E-state index in [0.29, 0.717) is 12.8 Å². The smallest absolute Gasteiger partial charge is 0.352 e. The van der Waals surface area contributed by atoms with E-state index in [1.807, 2.05) is 0 Å². The number of aromatic carboxylic acids is 1. The van der Waals surface area contributed by atoms with Gasteiger partial charge in [-0.2, -0.15) is 4.31 Å². The molecule has 0 atom stereocenters. The largest absolute Gasteiger partial charge is 0.477 e. The molecule has 1 saturated heterocycles. The van der Waals surface area contributed by atoms with E-state index in [1.165, 1.54) is 21.1 Å². The minimum absolute atomic E-state index is 0.00927. The van der Waals surface area contributed by atoms with E-state index >= 15 is 0 Å². The van der Waals surface area contributed by atoms with E-state index in [1.54, 1.807) is 13.8 Å². The first-order valence-corrected chi connectivity index (χ1v) is 8.31. The van der Waals surface area contributed by atoms with E-state index in [9.17, 15) is 23.4 Å². The Morgan fingerprint density at radius 2 is 1.90 bits per heavy atom. The monoisotopic (exact) mass is 316 g/mol.